The number of nitrogens with one attached hydrogen (secondary N) is 1. The molecule has 0 aromatic carbocycles. The molecule has 2 fully saturated rings. The highest BCUT2D eigenvalue weighted by Crippen LogP contribution is 2.20. The summed E-state index contributed by atoms with van der Waals surface area (Å²) in [5.41, 5.74) is 1.04. The molecule has 0 spiro atoms. The van der Waals surface area contributed by atoms with Gasteiger partial charge in [0.25, 0.3) is 0 Å². The summed E-state index contributed by atoms with van der Waals surface area (Å²) in [7, 11) is 2.21. The van der Waals surface area contributed by atoms with E-state index in [1.54, 1.807) is 0 Å². The van der Waals surface area contributed by atoms with Gasteiger partial charge in [0.05, 0.1) is 5.69 Å². The summed E-state index contributed by atoms with van der Waals surface area (Å²) in [6, 6.07) is 5.58. The molecule has 2 heterocycles. The second-order valence-electron chi connectivity index (χ2n) is 6.03. The number of piperazine rings is 1. The van der Waals surface area contributed by atoms with Crippen LogP contribution in [0.5, 0.6) is 0 Å². The molecule has 5 heteroatoms. The van der Waals surface area contributed by atoms with Crippen molar-refractivity contribution >= 4 is 5.82 Å². The molecule has 1 aliphatic carbocycles. The van der Waals surface area contributed by atoms with Crippen LogP contribution in [-0.4, -0.2) is 53.9 Å². The van der Waals surface area contributed by atoms with Gasteiger partial charge in [-0.05, 0) is 38.4 Å². The van der Waals surface area contributed by atoms with Gasteiger partial charge in [-0.25, -0.2) is 0 Å². The molecule has 1 aromatic rings. The molecule has 1 N–H and O–H groups in total. The fraction of sp³-hybridized carbons (Fsp3) is 0.733. The van der Waals surface area contributed by atoms with E-state index < -0.39 is 0 Å². The molecule has 1 unspecified atom stereocenters. The summed E-state index contributed by atoms with van der Waals surface area (Å²) in [6.45, 7) is 6.30. The van der Waals surface area contributed by atoms with Crippen molar-refractivity contribution in [2.75, 3.05) is 31.6 Å². The molecule has 0 bridgehead atoms. The van der Waals surface area contributed by atoms with Crippen LogP contribution in [-0.2, 0) is 6.54 Å². The van der Waals surface area contributed by atoms with Crippen molar-refractivity contribution in [1.82, 2.24) is 20.4 Å². The van der Waals surface area contributed by atoms with Gasteiger partial charge < -0.3 is 10.2 Å². The molecular weight excluding hydrogens is 250 g/mol. The first-order chi connectivity index (χ1) is 9.76. The minimum Gasteiger partial charge on any atom is -0.352 e. The first-order valence-corrected chi connectivity index (χ1v) is 7.77. The van der Waals surface area contributed by atoms with Crippen LogP contribution in [0.3, 0.4) is 0 Å². The van der Waals surface area contributed by atoms with Crippen molar-refractivity contribution in [1.29, 1.82) is 0 Å². The largest absolute Gasteiger partial charge is 0.352 e. The zero-order chi connectivity index (χ0) is 13.9. The van der Waals surface area contributed by atoms with Crippen LogP contribution in [0.25, 0.3) is 0 Å². The van der Waals surface area contributed by atoms with E-state index in [-0.39, 0.29) is 0 Å². The molecule has 5 nitrogen and oxygen atoms in total. The van der Waals surface area contributed by atoms with Gasteiger partial charge in [-0.15, -0.1) is 5.10 Å². The fourth-order valence-corrected chi connectivity index (χ4v) is 2.75. The Morgan fingerprint density at radius 3 is 2.75 bits per heavy atom. The minimum atomic E-state index is 0.627. The Hall–Kier alpha value is -1.20. The molecule has 3 rings (SSSR count). The maximum atomic E-state index is 4.41. The molecule has 0 amide bonds. The Morgan fingerprint density at radius 1 is 1.25 bits per heavy atom. The lowest BCUT2D eigenvalue weighted by atomic mass is 10.1. The first kappa shape index (κ1) is 13.8. The van der Waals surface area contributed by atoms with Crippen molar-refractivity contribution in [2.24, 2.45) is 0 Å². The second kappa shape index (κ2) is 6.06. The predicted octanol–water partition coefficient (Wildman–Crippen LogP) is 1.26. The number of anilines is 1. The van der Waals surface area contributed by atoms with Crippen molar-refractivity contribution in [3.05, 3.63) is 17.8 Å². The number of likely N-dealkylation sites (N-methyl/N-ethyl adjacent to an activating group) is 1. The normalized spacial score (nSPS) is 24.1. The van der Waals surface area contributed by atoms with Crippen LogP contribution in [0.1, 0.15) is 31.9 Å². The molecule has 110 valence electrons. The Labute approximate surface area is 121 Å². The third-order valence-electron chi connectivity index (χ3n) is 4.43. The van der Waals surface area contributed by atoms with E-state index in [0.717, 1.165) is 43.7 Å². The smallest absolute Gasteiger partial charge is 0.151 e. The number of rotatable bonds is 5. The zero-order valence-corrected chi connectivity index (χ0v) is 12.5. The van der Waals surface area contributed by atoms with Crippen molar-refractivity contribution in [3.63, 3.8) is 0 Å². The van der Waals surface area contributed by atoms with E-state index in [0.29, 0.717) is 6.04 Å². The molecule has 20 heavy (non-hydrogen) atoms. The Morgan fingerprint density at radius 2 is 2.10 bits per heavy atom. The maximum Gasteiger partial charge on any atom is 0.151 e. The Bertz CT molecular complexity index is 428. The summed E-state index contributed by atoms with van der Waals surface area (Å²) >= 11 is 0. The fourth-order valence-electron chi connectivity index (χ4n) is 2.75. The van der Waals surface area contributed by atoms with Gasteiger partial charge >= 0.3 is 0 Å². The first-order valence-electron chi connectivity index (χ1n) is 7.77. The molecule has 1 saturated carbocycles. The van der Waals surface area contributed by atoms with Gasteiger partial charge in [0.15, 0.2) is 5.82 Å². The van der Waals surface area contributed by atoms with E-state index in [1.165, 1.54) is 19.3 Å². The third kappa shape index (κ3) is 3.27. The topological polar surface area (TPSA) is 44.3 Å². The standard InChI is InChI=1S/C15H25N5/c1-3-14-11-20(9-8-19(14)2)15-7-6-13(17-18-15)10-16-12-4-5-12/h6-7,12,14,16H,3-5,8-11H2,1-2H3. The van der Waals surface area contributed by atoms with E-state index >= 15 is 0 Å². The van der Waals surface area contributed by atoms with Gasteiger partial charge in [0.2, 0.25) is 0 Å². The van der Waals surface area contributed by atoms with Gasteiger partial charge in [-0.1, -0.05) is 6.92 Å². The molecule has 1 aromatic heterocycles. The molecule has 1 saturated heterocycles. The van der Waals surface area contributed by atoms with Crippen LogP contribution in [0.2, 0.25) is 0 Å². The van der Waals surface area contributed by atoms with Crippen LogP contribution < -0.4 is 10.2 Å². The average molecular weight is 275 g/mol. The summed E-state index contributed by atoms with van der Waals surface area (Å²) in [6.07, 6.45) is 3.81. The van der Waals surface area contributed by atoms with E-state index in [4.69, 9.17) is 0 Å². The second-order valence-corrected chi connectivity index (χ2v) is 6.03. The number of aromatic nitrogens is 2. The summed E-state index contributed by atoms with van der Waals surface area (Å²) in [5.74, 6) is 1.02. The van der Waals surface area contributed by atoms with Crippen LogP contribution in [0.15, 0.2) is 12.1 Å². The highest BCUT2D eigenvalue weighted by Gasteiger charge is 2.24. The van der Waals surface area contributed by atoms with Gasteiger partial charge in [-0.2, -0.15) is 5.10 Å². The Balaban J connectivity index is 1.58. The van der Waals surface area contributed by atoms with Crippen LogP contribution in [0, 0.1) is 0 Å². The lowest BCUT2D eigenvalue weighted by molar-refractivity contribution is 0.212. The van der Waals surface area contributed by atoms with E-state index in [9.17, 15) is 0 Å². The van der Waals surface area contributed by atoms with Gasteiger partial charge in [-0.3, -0.25) is 4.90 Å². The molecule has 2 aliphatic rings. The molecule has 1 aliphatic heterocycles. The van der Waals surface area contributed by atoms with Crippen LogP contribution >= 0.6 is 0 Å². The molecular formula is C15H25N5. The average Bonchev–Trinajstić information content (AvgIpc) is 3.30. The highest BCUT2D eigenvalue weighted by atomic mass is 15.3. The van der Waals surface area contributed by atoms with Gasteiger partial charge in [0.1, 0.15) is 0 Å². The van der Waals surface area contributed by atoms with Gasteiger partial charge in [0, 0.05) is 38.3 Å². The van der Waals surface area contributed by atoms with E-state index in [2.05, 4.69) is 51.4 Å². The number of hydrogen-bond donors (Lipinski definition) is 1. The van der Waals surface area contributed by atoms with Crippen LogP contribution in [0.4, 0.5) is 5.82 Å². The lowest BCUT2D eigenvalue weighted by Crippen LogP contribution is -2.51. The van der Waals surface area contributed by atoms with E-state index in [1.807, 2.05) is 0 Å². The lowest BCUT2D eigenvalue weighted by Gasteiger charge is -2.39. The summed E-state index contributed by atoms with van der Waals surface area (Å²) in [5, 5.41) is 12.2. The highest BCUT2D eigenvalue weighted by molar-refractivity contribution is 5.38. The SMILES string of the molecule is CCC1CN(c2ccc(CNC3CC3)nn2)CCN1C. The molecule has 0 radical (unpaired) electrons. The number of hydrogen-bond acceptors (Lipinski definition) is 5. The quantitative estimate of drug-likeness (QED) is 0.876. The minimum absolute atomic E-state index is 0.627. The van der Waals surface area contributed by atoms with Crippen molar-refractivity contribution in [2.45, 2.75) is 44.8 Å². The molecule has 1 atom stereocenters. The predicted molar refractivity (Wildman–Crippen MR) is 80.8 cm³/mol. The van der Waals surface area contributed by atoms with Crippen molar-refractivity contribution < 1.29 is 0 Å². The summed E-state index contributed by atoms with van der Waals surface area (Å²) in [4.78, 5) is 4.80. The zero-order valence-electron chi connectivity index (χ0n) is 12.5. The summed E-state index contributed by atoms with van der Waals surface area (Å²) < 4.78 is 0. The monoisotopic (exact) mass is 275 g/mol. The Kier molecular flexibility index (Phi) is 4.17. The number of nitrogens with zero attached hydrogens (tertiary/aromatic N) is 4. The third-order valence-corrected chi connectivity index (χ3v) is 4.43. The van der Waals surface area contributed by atoms with Crippen molar-refractivity contribution in [3.8, 4) is 0 Å². The maximum absolute atomic E-state index is 4.41.